The second kappa shape index (κ2) is 14.1. The lowest BCUT2D eigenvalue weighted by Gasteiger charge is -2.21. The zero-order chi connectivity index (χ0) is 25.9. The Labute approximate surface area is 217 Å². The van der Waals surface area contributed by atoms with E-state index in [9.17, 15) is 4.79 Å². The van der Waals surface area contributed by atoms with E-state index in [2.05, 4.69) is 30.2 Å². The number of nitrogen functional groups attached to an aromatic ring is 1. The molecule has 0 saturated heterocycles. The predicted molar refractivity (Wildman–Crippen MR) is 152 cm³/mol. The summed E-state index contributed by atoms with van der Waals surface area (Å²) in [4.78, 5) is 16.2. The van der Waals surface area contributed by atoms with Crippen LogP contribution < -0.4 is 10.5 Å². The van der Waals surface area contributed by atoms with Crippen LogP contribution in [0.25, 0.3) is 10.9 Å². The Morgan fingerprint density at radius 1 is 0.889 bits per heavy atom. The number of fused-ring (bicyclic) bond motifs is 1. The Morgan fingerprint density at radius 2 is 1.53 bits per heavy atom. The highest BCUT2D eigenvalue weighted by atomic mass is 16.5. The van der Waals surface area contributed by atoms with Gasteiger partial charge < -0.3 is 19.9 Å². The monoisotopic (exact) mass is 491 g/mol. The second-order valence-corrected chi connectivity index (χ2v) is 9.87. The van der Waals surface area contributed by atoms with E-state index in [1.807, 2.05) is 49.5 Å². The Morgan fingerprint density at radius 3 is 2.17 bits per heavy atom. The number of rotatable bonds is 16. The van der Waals surface area contributed by atoms with Gasteiger partial charge in [-0.1, -0.05) is 40.0 Å². The molecule has 3 rings (SSSR count). The van der Waals surface area contributed by atoms with Gasteiger partial charge in [0.05, 0.1) is 12.2 Å². The van der Waals surface area contributed by atoms with Crippen LogP contribution in [0.5, 0.6) is 5.75 Å². The molecule has 0 aliphatic rings. The molecule has 5 nitrogen and oxygen atoms in total. The van der Waals surface area contributed by atoms with Gasteiger partial charge in [-0.2, -0.15) is 0 Å². The number of benzene rings is 2. The summed E-state index contributed by atoms with van der Waals surface area (Å²) in [5.74, 6) is 0.861. The van der Waals surface area contributed by atoms with Gasteiger partial charge in [-0.25, -0.2) is 0 Å². The minimum atomic E-state index is 0.0475. The molecule has 1 heterocycles. The lowest BCUT2D eigenvalue weighted by molar-refractivity contribution is 0.103. The highest BCUT2D eigenvalue weighted by molar-refractivity contribution is 6.18. The minimum Gasteiger partial charge on any atom is -0.494 e. The van der Waals surface area contributed by atoms with Gasteiger partial charge in [0.1, 0.15) is 5.75 Å². The van der Waals surface area contributed by atoms with E-state index in [0.717, 1.165) is 60.1 Å². The van der Waals surface area contributed by atoms with Crippen LogP contribution >= 0.6 is 0 Å². The third-order valence-electron chi connectivity index (χ3n) is 7.00. The quantitative estimate of drug-likeness (QED) is 0.133. The molecule has 0 bridgehead atoms. The third kappa shape index (κ3) is 7.13. The van der Waals surface area contributed by atoms with Crippen LogP contribution in [-0.4, -0.2) is 41.5 Å². The number of aromatic nitrogens is 1. The van der Waals surface area contributed by atoms with E-state index in [-0.39, 0.29) is 5.78 Å². The Kier molecular flexibility index (Phi) is 10.9. The standard InChI is InChI=1S/C31H45N3O2/c1-5-8-12-29-30(27-23-25(32)15-18-28(27)33(29)4)31(35)24-13-16-26(17-14-24)36-22-11-21-34(19-9-6-2)20-10-7-3/h13-18,23H,5-12,19-22,32H2,1-4H3. The number of hydrogen-bond donors (Lipinski definition) is 1. The van der Waals surface area contributed by atoms with Crippen molar-refractivity contribution in [3.05, 3.63) is 59.3 Å². The number of anilines is 1. The zero-order valence-electron chi connectivity index (χ0n) is 22.8. The largest absolute Gasteiger partial charge is 0.494 e. The van der Waals surface area contributed by atoms with Gasteiger partial charge in [0.15, 0.2) is 5.78 Å². The van der Waals surface area contributed by atoms with E-state index in [1.54, 1.807) is 0 Å². The molecule has 0 atom stereocenters. The molecule has 196 valence electrons. The number of ketones is 1. The normalized spacial score (nSPS) is 11.5. The lowest BCUT2D eigenvalue weighted by Crippen LogP contribution is -2.28. The van der Waals surface area contributed by atoms with Gasteiger partial charge in [0.25, 0.3) is 0 Å². The fourth-order valence-electron chi connectivity index (χ4n) is 4.83. The summed E-state index contributed by atoms with van der Waals surface area (Å²) >= 11 is 0. The molecule has 0 saturated carbocycles. The number of ether oxygens (including phenoxy) is 1. The lowest BCUT2D eigenvalue weighted by atomic mass is 9.98. The third-order valence-corrected chi connectivity index (χ3v) is 7.00. The minimum absolute atomic E-state index is 0.0475. The predicted octanol–water partition coefficient (Wildman–Crippen LogP) is 7.01. The summed E-state index contributed by atoms with van der Waals surface area (Å²) in [5, 5.41) is 0.935. The van der Waals surface area contributed by atoms with E-state index in [4.69, 9.17) is 10.5 Å². The van der Waals surface area contributed by atoms with E-state index < -0.39 is 0 Å². The summed E-state index contributed by atoms with van der Waals surface area (Å²) < 4.78 is 8.17. The fourth-order valence-corrected chi connectivity index (χ4v) is 4.83. The van der Waals surface area contributed by atoms with Crippen molar-refractivity contribution in [3.8, 4) is 5.75 Å². The molecule has 1 aromatic heterocycles. The molecule has 2 aromatic carbocycles. The summed E-state index contributed by atoms with van der Waals surface area (Å²) in [6.07, 6.45) is 8.98. The molecular weight excluding hydrogens is 446 g/mol. The van der Waals surface area contributed by atoms with Crippen LogP contribution in [0.3, 0.4) is 0 Å². The maximum Gasteiger partial charge on any atom is 0.195 e. The molecular formula is C31H45N3O2. The summed E-state index contributed by atoms with van der Waals surface area (Å²) in [6.45, 7) is 10.8. The van der Waals surface area contributed by atoms with E-state index >= 15 is 0 Å². The number of unbranched alkanes of at least 4 members (excludes halogenated alkanes) is 3. The molecule has 0 fully saturated rings. The average Bonchev–Trinajstić information content (AvgIpc) is 3.16. The van der Waals surface area contributed by atoms with E-state index in [0.29, 0.717) is 17.9 Å². The molecule has 0 amide bonds. The maximum atomic E-state index is 13.7. The molecule has 0 radical (unpaired) electrons. The molecule has 0 aliphatic heterocycles. The topological polar surface area (TPSA) is 60.5 Å². The smallest absolute Gasteiger partial charge is 0.195 e. The van der Waals surface area contributed by atoms with Gasteiger partial charge in [0, 0.05) is 41.4 Å². The maximum absolute atomic E-state index is 13.7. The van der Waals surface area contributed by atoms with Crippen molar-refractivity contribution in [2.75, 3.05) is 32.0 Å². The van der Waals surface area contributed by atoms with Crippen LogP contribution in [0, 0.1) is 0 Å². The summed E-state index contributed by atoms with van der Waals surface area (Å²) in [6, 6.07) is 13.5. The van der Waals surface area contributed by atoms with Crippen LogP contribution in [0.1, 0.15) is 87.3 Å². The molecule has 36 heavy (non-hydrogen) atoms. The first-order valence-corrected chi connectivity index (χ1v) is 13.9. The van der Waals surface area contributed by atoms with Crippen LogP contribution in [0.15, 0.2) is 42.5 Å². The molecule has 0 aliphatic carbocycles. The fraction of sp³-hybridized carbons (Fsp3) is 0.516. The molecule has 2 N–H and O–H groups in total. The van der Waals surface area contributed by atoms with Gasteiger partial charge in [-0.3, -0.25) is 4.79 Å². The Hall–Kier alpha value is -2.79. The first kappa shape index (κ1) is 27.8. The number of hydrogen-bond acceptors (Lipinski definition) is 4. The van der Waals surface area contributed by atoms with Gasteiger partial charge in [-0.15, -0.1) is 0 Å². The number of nitrogens with zero attached hydrogens (tertiary/aromatic N) is 2. The Bertz CT molecular complexity index is 1090. The van der Waals surface area contributed by atoms with Crippen LogP contribution in [0.4, 0.5) is 5.69 Å². The first-order valence-electron chi connectivity index (χ1n) is 13.9. The van der Waals surface area contributed by atoms with Crippen molar-refractivity contribution in [1.82, 2.24) is 9.47 Å². The molecule has 0 unspecified atom stereocenters. The number of carbonyl (C=O) groups excluding carboxylic acids is 1. The zero-order valence-corrected chi connectivity index (χ0v) is 22.8. The van der Waals surface area contributed by atoms with Gasteiger partial charge >= 0.3 is 0 Å². The van der Waals surface area contributed by atoms with Gasteiger partial charge in [-0.05, 0) is 87.7 Å². The molecule has 5 heteroatoms. The number of nitrogens with two attached hydrogens (primary N) is 1. The average molecular weight is 492 g/mol. The molecule has 3 aromatic rings. The van der Waals surface area contributed by atoms with Gasteiger partial charge in [0.2, 0.25) is 0 Å². The van der Waals surface area contributed by atoms with Crippen molar-refractivity contribution in [2.45, 2.75) is 72.1 Å². The van der Waals surface area contributed by atoms with E-state index in [1.165, 1.54) is 38.8 Å². The number of carbonyl (C=O) groups is 1. The first-order chi connectivity index (χ1) is 17.5. The summed E-state index contributed by atoms with van der Waals surface area (Å²) in [7, 11) is 2.04. The SMILES string of the molecule is CCCCc1c(C(=O)c2ccc(OCCCN(CCCC)CCCC)cc2)c2cc(N)ccc2n1C. The molecule has 0 spiro atoms. The summed E-state index contributed by atoms with van der Waals surface area (Å²) in [5.41, 5.74) is 10.4. The van der Waals surface area contributed by atoms with Crippen molar-refractivity contribution in [1.29, 1.82) is 0 Å². The van der Waals surface area contributed by atoms with Crippen molar-refractivity contribution in [2.24, 2.45) is 7.05 Å². The van der Waals surface area contributed by atoms with Crippen LogP contribution in [-0.2, 0) is 13.5 Å². The van der Waals surface area contributed by atoms with Crippen molar-refractivity contribution < 1.29 is 9.53 Å². The Balaban J connectivity index is 1.67. The number of aryl methyl sites for hydroxylation is 1. The van der Waals surface area contributed by atoms with Crippen LogP contribution in [0.2, 0.25) is 0 Å². The second-order valence-electron chi connectivity index (χ2n) is 9.87. The highest BCUT2D eigenvalue weighted by Gasteiger charge is 2.22. The van der Waals surface area contributed by atoms with Crippen molar-refractivity contribution >= 4 is 22.4 Å². The highest BCUT2D eigenvalue weighted by Crippen LogP contribution is 2.31. The van der Waals surface area contributed by atoms with Crippen molar-refractivity contribution in [3.63, 3.8) is 0 Å².